The molecule has 1 saturated heterocycles. The lowest BCUT2D eigenvalue weighted by molar-refractivity contribution is 0.0391. The topological polar surface area (TPSA) is 69.0 Å². The fourth-order valence-corrected chi connectivity index (χ4v) is 2.70. The molecular weight excluding hydrogens is 280 g/mol. The van der Waals surface area contributed by atoms with Crippen molar-refractivity contribution in [1.29, 1.82) is 0 Å². The average molecular weight is 302 g/mol. The number of hydrogen-bond acceptors (Lipinski definition) is 6. The molecule has 0 aliphatic carbocycles. The van der Waals surface area contributed by atoms with Crippen molar-refractivity contribution in [3.05, 3.63) is 29.3 Å². The summed E-state index contributed by atoms with van der Waals surface area (Å²) in [4.78, 5) is 6.84. The van der Waals surface area contributed by atoms with Gasteiger partial charge >= 0.3 is 0 Å². The standard InChI is InChI=1S/C15H22N6O/c1-4-12-13(5-2)18-19-15(17-12)21-6-7-22-14(10-21)11-8-16-20(3)9-11/h8-9,14H,4-7,10H2,1-3H3. The van der Waals surface area contributed by atoms with E-state index >= 15 is 0 Å². The first-order chi connectivity index (χ1) is 10.7. The predicted molar refractivity (Wildman–Crippen MR) is 82.7 cm³/mol. The van der Waals surface area contributed by atoms with Gasteiger partial charge in [-0.25, -0.2) is 4.98 Å². The van der Waals surface area contributed by atoms with Gasteiger partial charge in [-0.15, -0.1) is 5.10 Å². The normalized spacial score (nSPS) is 18.7. The molecule has 118 valence electrons. The van der Waals surface area contributed by atoms with E-state index in [1.165, 1.54) is 0 Å². The lowest BCUT2D eigenvalue weighted by Crippen LogP contribution is -2.39. The molecule has 1 unspecified atom stereocenters. The van der Waals surface area contributed by atoms with Crippen LogP contribution in [0.3, 0.4) is 0 Å². The Hall–Kier alpha value is -2.02. The van der Waals surface area contributed by atoms with E-state index in [0.717, 1.165) is 42.9 Å². The largest absolute Gasteiger partial charge is 0.370 e. The van der Waals surface area contributed by atoms with Gasteiger partial charge in [-0.1, -0.05) is 13.8 Å². The monoisotopic (exact) mass is 302 g/mol. The zero-order valence-electron chi connectivity index (χ0n) is 13.4. The molecule has 22 heavy (non-hydrogen) atoms. The van der Waals surface area contributed by atoms with Gasteiger partial charge in [-0.05, 0) is 12.8 Å². The maximum absolute atomic E-state index is 5.86. The number of morpholine rings is 1. The maximum Gasteiger partial charge on any atom is 0.245 e. The summed E-state index contributed by atoms with van der Waals surface area (Å²) >= 11 is 0. The summed E-state index contributed by atoms with van der Waals surface area (Å²) < 4.78 is 7.65. The Kier molecular flexibility index (Phi) is 4.33. The molecule has 2 aromatic heterocycles. The molecule has 7 nitrogen and oxygen atoms in total. The molecule has 0 bridgehead atoms. The number of anilines is 1. The molecule has 1 aliphatic heterocycles. The predicted octanol–water partition coefficient (Wildman–Crippen LogP) is 1.31. The van der Waals surface area contributed by atoms with Gasteiger partial charge in [-0.2, -0.15) is 10.2 Å². The molecule has 3 rings (SSSR count). The fourth-order valence-electron chi connectivity index (χ4n) is 2.70. The molecule has 1 fully saturated rings. The summed E-state index contributed by atoms with van der Waals surface area (Å²) in [5, 5.41) is 12.9. The van der Waals surface area contributed by atoms with Gasteiger partial charge in [0.05, 0.1) is 30.7 Å². The number of ether oxygens (including phenoxy) is 1. The van der Waals surface area contributed by atoms with Crippen molar-refractivity contribution >= 4 is 5.95 Å². The molecule has 0 spiro atoms. The summed E-state index contributed by atoms with van der Waals surface area (Å²) in [6, 6.07) is 0. The van der Waals surface area contributed by atoms with Crippen LogP contribution in [0.25, 0.3) is 0 Å². The quantitative estimate of drug-likeness (QED) is 0.848. The summed E-state index contributed by atoms with van der Waals surface area (Å²) in [6.45, 7) is 6.34. The lowest BCUT2D eigenvalue weighted by Gasteiger charge is -2.32. The molecule has 3 heterocycles. The molecule has 0 radical (unpaired) electrons. The van der Waals surface area contributed by atoms with E-state index in [9.17, 15) is 0 Å². The molecule has 1 atom stereocenters. The molecule has 1 aliphatic rings. The van der Waals surface area contributed by atoms with E-state index in [1.807, 2.05) is 19.4 Å². The van der Waals surface area contributed by atoms with Crippen LogP contribution in [-0.2, 0) is 24.6 Å². The minimum atomic E-state index is 0.00183. The van der Waals surface area contributed by atoms with Crippen LogP contribution in [0.4, 0.5) is 5.95 Å². The van der Waals surface area contributed by atoms with Crippen LogP contribution in [0.2, 0.25) is 0 Å². The summed E-state index contributed by atoms with van der Waals surface area (Å²) in [5.74, 6) is 0.700. The van der Waals surface area contributed by atoms with Crippen LogP contribution < -0.4 is 4.90 Å². The van der Waals surface area contributed by atoms with Crippen molar-refractivity contribution < 1.29 is 4.74 Å². The first-order valence-corrected chi connectivity index (χ1v) is 7.78. The second kappa shape index (κ2) is 6.39. The van der Waals surface area contributed by atoms with Crippen LogP contribution in [0, 0.1) is 0 Å². The van der Waals surface area contributed by atoms with E-state index in [0.29, 0.717) is 12.6 Å². The van der Waals surface area contributed by atoms with Gasteiger partial charge in [0.25, 0.3) is 0 Å². The first kappa shape index (κ1) is 14.9. The van der Waals surface area contributed by atoms with Gasteiger partial charge < -0.3 is 9.64 Å². The van der Waals surface area contributed by atoms with Crippen molar-refractivity contribution in [3.63, 3.8) is 0 Å². The number of aryl methyl sites for hydroxylation is 3. The Morgan fingerprint density at radius 2 is 2.05 bits per heavy atom. The summed E-state index contributed by atoms with van der Waals surface area (Å²) in [7, 11) is 1.91. The van der Waals surface area contributed by atoms with Crippen LogP contribution in [0.15, 0.2) is 12.4 Å². The van der Waals surface area contributed by atoms with Crippen LogP contribution in [-0.4, -0.2) is 44.7 Å². The first-order valence-electron chi connectivity index (χ1n) is 7.78. The van der Waals surface area contributed by atoms with Gasteiger partial charge in [0.2, 0.25) is 5.95 Å². The van der Waals surface area contributed by atoms with Gasteiger partial charge in [0.1, 0.15) is 6.10 Å². The SMILES string of the molecule is CCc1nnc(N2CCOC(c3cnn(C)c3)C2)nc1CC. The Morgan fingerprint density at radius 3 is 2.73 bits per heavy atom. The minimum Gasteiger partial charge on any atom is -0.370 e. The van der Waals surface area contributed by atoms with Crippen LogP contribution in [0.5, 0.6) is 0 Å². The smallest absolute Gasteiger partial charge is 0.245 e. The fraction of sp³-hybridized carbons (Fsp3) is 0.600. The highest BCUT2D eigenvalue weighted by Gasteiger charge is 2.25. The summed E-state index contributed by atoms with van der Waals surface area (Å²) in [5.41, 5.74) is 3.11. The summed E-state index contributed by atoms with van der Waals surface area (Å²) in [6.07, 6.45) is 5.59. The third-order valence-electron chi connectivity index (χ3n) is 3.94. The highest BCUT2D eigenvalue weighted by atomic mass is 16.5. The Bertz CT molecular complexity index is 641. The van der Waals surface area contributed by atoms with Gasteiger partial charge in [-0.3, -0.25) is 4.68 Å². The Morgan fingerprint density at radius 1 is 1.23 bits per heavy atom. The van der Waals surface area contributed by atoms with E-state index < -0.39 is 0 Å². The van der Waals surface area contributed by atoms with E-state index in [2.05, 4.69) is 34.0 Å². The molecule has 0 aromatic carbocycles. The molecule has 7 heteroatoms. The third-order valence-corrected chi connectivity index (χ3v) is 3.94. The second-order valence-electron chi connectivity index (χ2n) is 5.47. The van der Waals surface area contributed by atoms with Crippen LogP contribution >= 0.6 is 0 Å². The van der Waals surface area contributed by atoms with Crippen molar-refractivity contribution in [1.82, 2.24) is 25.0 Å². The second-order valence-corrected chi connectivity index (χ2v) is 5.47. The number of aromatic nitrogens is 5. The van der Waals surface area contributed by atoms with Crippen molar-refractivity contribution in [2.24, 2.45) is 7.05 Å². The maximum atomic E-state index is 5.86. The molecule has 0 amide bonds. The van der Waals surface area contributed by atoms with Crippen molar-refractivity contribution in [3.8, 4) is 0 Å². The van der Waals surface area contributed by atoms with E-state index in [-0.39, 0.29) is 6.10 Å². The molecule has 2 aromatic rings. The highest BCUT2D eigenvalue weighted by Crippen LogP contribution is 2.24. The van der Waals surface area contributed by atoms with Crippen LogP contribution in [0.1, 0.15) is 36.9 Å². The van der Waals surface area contributed by atoms with E-state index in [4.69, 9.17) is 9.72 Å². The van der Waals surface area contributed by atoms with Crippen molar-refractivity contribution in [2.45, 2.75) is 32.8 Å². The zero-order valence-corrected chi connectivity index (χ0v) is 13.4. The molecule has 0 N–H and O–H groups in total. The molecular formula is C15H22N6O. The average Bonchev–Trinajstić information content (AvgIpc) is 3.01. The number of rotatable bonds is 4. The third kappa shape index (κ3) is 2.94. The highest BCUT2D eigenvalue weighted by molar-refractivity contribution is 5.32. The number of hydrogen-bond donors (Lipinski definition) is 0. The zero-order chi connectivity index (χ0) is 15.5. The van der Waals surface area contributed by atoms with Gasteiger partial charge in [0, 0.05) is 25.4 Å². The van der Waals surface area contributed by atoms with Crippen molar-refractivity contribution in [2.75, 3.05) is 24.6 Å². The lowest BCUT2D eigenvalue weighted by atomic mass is 10.1. The Labute approximate surface area is 130 Å². The van der Waals surface area contributed by atoms with E-state index in [1.54, 1.807) is 4.68 Å². The minimum absolute atomic E-state index is 0.00183. The van der Waals surface area contributed by atoms with Gasteiger partial charge in [0.15, 0.2) is 0 Å². The Balaban J connectivity index is 1.79. The molecule has 0 saturated carbocycles. The number of nitrogens with zero attached hydrogens (tertiary/aromatic N) is 6.